The van der Waals surface area contributed by atoms with E-state index in [1.165, 1.54) is 5.56 Å². The number of rotatable bonds is 4. The van der Waals surface area contributed by atoms with Crippen molar-refractivity contribution in [2.75, 3.05) is 38.6 Å². The van der Waals surface area contributed by atoms with Crippen molar-refractivity contribution in [3.8, 4) is 0 Å². The van der Waals surface area contributed by atoms with Gasteiger partial charge in [0.05, 0.1) is 6.61 Å². The van der Waals surface area contributed by atoms with Crippen LogP contribution in [0.2, 0.25) is 0 Å². The molecule has 5 nitrogen and oxygen atoms in total. The lowest BCUT2D eigenvalue weighted by Crippen LogP contribution is -2.38. The monoisotopic (exact) mass is 264 g/mol. The maximum atomic E-state index is 5.83. The van der Waals surface area contributed by atoms with E-state index in [0.29, 0.717) is 0 Å². The highest BCUT2D eigenvalue weighted by Crippen LogP contribution is 2.23. The Morgan fingerprint density at radius 1 is 1.37 bits per heavy atom. The Morgan fingerprint density at radius 2 is 2.16 bits per heavy atom. The minimum atomic E-state index is -0.00888. The minimum absolute atomic E-state index is 0.00888. The summed E-state index contributed by atoms with van der Waals surface area (Å²) in [4.78, 5) is 11.7. The molecule has 0 saturated carbocycles. The summed E-state index contributed by atoms with van der Waals surface area (Å²) in [5.74, 6) is 1.74. The van der Waals surface area contributed by atoms with Crippen LogP contribution in [0.15, 0.2) is 0 Å². The number of ether oxygens (including phenoxy) is 1. The van der Waals surface area contributed by atoms with Gasteiger partial charge in [-0.15, -0.1) is 0 Å². The summed E-state index contributed by atoms with van der Waals surface area (Å²) in [6.45, 7) is 10.0. The Kier molecular flexibility index (Phi) is 4.71. The maximum Gasteiger partial charge on any atom is 0.161 e. The zero-order chi connectivity index (χ0) is 13.8. The number of anilines is 1. The van der Waals surface area contributed by atoms with Crippen molar-refractivity contribution < 1.29 is 4.74 Å². The van der Waals surface area contributed by atoms with E-state index in [9.17, 15) is 0 Å². The third-order valence-electron chi connectivity index (χ3n) is 3.71. The van der Waals surface area contributed by atoms with Gasteiger partial charge < -0.3 is 10.1 Å². The number of likely N-dealkylation sites (N-methyl/N-ethyl adjacent to an activating group) is 1. The molecular formula is C14H24N4O. The van der Waals surface area contributed by atoms with Crippen LogP contribution in [0.5, 0.6) is 0 Å². The highest BCUT2D eigenvalue weighted by Gasteiger charge is 2.24. The second-order valence-corrected chi connectivity index (χ2v) is 4.85. The summed E-state index contributed by atoms with van der Waals surface area (Å²) in [5.41, 5.74) is 2.24. The maximum absolute atomic E-state index is 5.83. The Balaban J connectivity index is 2.27. The van der Waals surface area contributed by atoms with E-state index in [4.69, 9.17) is 4.74 Å². The number of nitrogens with one attached hydrogen (secondary N) is 1. The standard InChI is InChI=1S/C14H24N4O/c1-5-11-10(3)16-14(17-13(11)15-4)12-9-18(6-2)7-8-19-12/h12H,5-9H2,1-4H3,(H,15,16,17). The van der Waals surface area contributed by atoms with E-state index in [1.807, 2.05) is 14.0 Å². The Hall–Kier alpha value is -1.20. The van der Waals surface area contributed by atoms with Crippen LogP contribution in [0.4, 0.5) is 5.82 Å². The number of hydrogen-bond donors (Lipinski definition) is 1. The molecule has 1 unspecified atom stereocenters. The molecule has 106 valence electrons. The largest absolute Gasteiger partial charge is 0.373 e. The molecule has 5 heteroatoms. The van der Waals surface area contributed by atoms with Gasteiger partial charge in [0, 0.05) is 31.4 Å². The van der Waals surface area contributed by atoms with Gasteiger partial charge in [-0.05, 0) is 19.9 Å². The van der Waals surface area contributed by atoms with Gasteiger partial charge in [-0.3, -0.25) is 4.90 Å². The molecule has 1 aromatic rings. The quantitative estimate of drug-likeness (QED) is 0.898. The molecule has 0 bridgehead atoms. The fraction of sp³-hybridized carbons (Fsp3) is 0.714. The molecule has 0 aromatic carbocycles. The SMILES string of the molecule is CCc1c(C)nc(C2CN(CC)CCO2)nc1NC. The fourth-order valence-electron chi connectivity index (χ4n) is 2.54. The molecule has 0 radical (unpaired) electrons. The van der Waals surface area contributed by atoms with E-state index >= 15 is 0 Å². The van der Waals surface area contributed by atoms with Gasteiger partial charge >= 0.3 is 0 Å². The van der Waals surface area contributed by atoms with E-state index in [1.54, 1.807) is 0 Å². The highest BCUT2D eigenvalue weighted by atomic mass is 16.5. The van der Waals surface area contributed by atoms with E-state index in [2.05, 4.69) is 34.0 Å². The first-order valence-electron chi connectivity index (χ1n) is 7.08. The van der Waals surface area contributed by atoms with Gasteiger partial charge in [-0.2, -0.15) is 0 Å². The van der Waals surface area contributed by atoms with Crippen LogP contribution in [0, 0.1) is 6.92 Å². The van der Waals surface area contributed by atoms with Gasteiger partial charge in [0.2, 0.25) is 0 Å². The predicted molar refractivity (Wildman–Crippen MR) is 76.5 cm³/mol. The Morgan fingerprint density at radius 3 is 2.79 bits per heavy atom. The van der Waals surface area contributed by atoms with Crippen molar-refractivity contribution in [3.05, 3.63) is 17.1 Å². The van der Waals surface area contributed by atoms with Crippen LogP contribution in [-0.4, -0.2) is 48.2 Å². The fourth-order valence-corrected chi connectivity index (χ4v) is 2.54. The topological polar surface area (TPSA) is 50.3 Å². The number of aromatic nitrogens is 2. The van der Waals surface area contributed by atoms with E-state index in [0.717, 1.165) is 50.0 Å². The molecule has 2 heterocycles. The molecule has 1 aliphatic rings. The zero-order valence-electron chi connectivity index (χ0n) is 12.4. The van der Waals surface area contributed by atoms with Crippen molar-refractivity contribution in [3.63, 3.8) is 0 Å². The number of hydrogen-bond acceptors (Lipinski definition) is 5. The van der Waals surface area contributed by atoms with Gasteiger partial charge in [-0.25, -0.2) is 9.97 Å². The summed E-state index contributed by atoms with van der Waals surface area (Å²) in [5, 5.41) is 3.17. The first-order chi connectivity index (χ1) is 9.19. The first-order valence-corrected chi connectivity index (χ1v) is 7.08. The number of aryl methyl sites for hydroxylation is 1. The lowest BCUT2D eigenvalue weighted by molar-refractivity contribution is -0.0326. The lowest BCUT2D eigenvalue weighted by Gasteiger charge is -2.31. The van der Waals surface area contributed by atoms with Crippen LogP contribution >= 0.6 is 0 Å². The smallest absolute Gasteiger partial charge is 0.161 e. The second kappa shape index (κ2) is 6.30. The minimum Gasteiger partial charge on any atom is -0.373 e. The molecule has 0 amide bonds. The molecule has 1 N–H and O–H groups in total. The zero-order valence-corrected chi connectivity index (χ0v) is 12.4. The summed E-state index contributed by atoms with van der Waals surface area (Å²) in [6.07, 6.45) is 0.930. The number of morpholine rings is 1. The second-order valence-electron chi connectivity index (χ2n) is 4.85. The predicted octanol–water partition coefficient (Wildman–Crippen LogP) is 1.78. The van der Waals surface area contributed by atoms with Crippen molar-refractivity contribution in [1.82, 2.24) is 14.9 Å². The highest BCUT2D eigenvalue weighted by molar-refractivity contribution is 5.46. The van der Waals surface area contributed by atoms with Crippen molar-refractivity contribution in [1.29, 1.82) is 0 Å². The summed E-state index contributed by atoms with van der Waals surface area (Å²) in [6, 6.07) is 0. The third-order valence-corrected chi connectivity index (χ3v) is 3.71. The van der Waals surface area contributed by atoms with Crippen LogP contribution in [0.1, 0.15) is 37.0 Å². The average molecular weight is 264 g/mol. The third kappa shape index (κ3) is 3.04. The normalized spacial score (nSPS) is 20.5. The molecule has 1 saturated heterocycles. The van der Waals surface area contributed by atoms with Crippen LogP contribution < -0.4 is 5.32 Å². The Labute approximate surface area is 115 Å². The van der Waals surface area contributed by atoms with E-state index < -0.39 is 0 Å². The molecular weight excluding hydrogens is 240 g/mol. The molecule has 1 aliphatic heterocycles. The Bertz CT molecular complexity index is 436. The summed E-state index contributed by atoms with van der Waals surface area (Å²) in [7, 11) is 1.91. The molecule has 2 rings (SSSR count). The molecule has 1 atom stereocenters. The summed E-state index contributed by atoms with van der Waals surface area (Å²) >= 11 is 0. The van der Waals surface area contributed by atoms with Gasteiger partial charge in [0.15, 0.2) is 5.82 Å². The van der Waals surface area contributed by atoms with Gasteiger partial charge in [-0.1, -0.05) is 13.8 Å². The van der Waals surface area contributed by atoms with Crippen molar-refractivity contribution in [2.45, 2.75) is 33.3 Å². The molecule has 19 heavy (non-hydrogen) atoms. The van der Waals surface area contributed by atoms with Gasteiger partial charge in [0.25, 0.3) is 0 Å². The number of nitrogens with zero attached hydrogens (tertiary/aromatic N) is 3. The van der Waals surface area contributed by atoms with Crippen LogP contribution in [0.25, 0.3) is 0 Å². The lowest BCUT2D eigenvalue weighted by atomic mass is 10.1. The van der Waals surface area contributed by atoms with Crippen LogP contribution in [0.3, 0.4) is 0 Å². The first kappa shape index (κ1) is 14.2. The summed E-state index contributed by atoms with van der Waals surface area (Å²) < 4.78 is 5.83. The van der Waals surface area contributed by atoms with Gasteiger partial charge in [0.1, 0.15) is 11.9 Å². The molecule has 0 spiro atoms. The van der Waals surface area contributed by atoms with Crippen molar-refractivity contribution in [2.24, 2.45) is 0 Å². The average Bonchev–Trinajstić information content (AvgIpc) is 2.46. The molecule has 0 aliphatic carbocycles. The molecule has 1 fully saturated rings. The van der Waals surface area contributed by atoms with Crippen LogP contribution in [-0.2, 0) is 11.2 Å². The molecule has 1 aromatic heterocycles. The van der Waals surface area contributed by atoms with Crippen molar-refractivity contribution >= 4 is 5.82 Å². The van der Waals surface area contributed by atoms with E-state index in [-0.39, 0.29) is 6.10 Å².